The largest absolute Gasteiger partial charge is 1.00 e. The summed E-state index contributed by atoms with van der Waals surface area (Å²) in [4.78, 5) is 0. The summed E-state index contributed by atoms with van der Waals surface area (Å²) in [6.45, 7) is 0. The van der Waals surface area contributed by atoms with Crippen molar-refractivity contribution in [1.82, 2.24) is 0 Å². The van der Waals surface area contributed by atoms with Crippen LogP contribution in [0.1, 0.15) is 1.43 Å². The van der Waals surface area contributed by atoms with Gasteiger partial charge in [-0.25, -0.2) is 13.6 Å². The second-order valence-electron chi connectivity index (χ2n) is 2.71. The molecule has 0 radical (unpaired) electrons. The van der Waals surface area contributed by atoms with Crippen molar-refractivity contribution < 1.29 is 68.2 Å². The van der Waals surface area contributed by atoms with Crippen molar-refractivity contribution in [2.75, 3.05) is 0 Å². The van der Waals surface area contributed by atoms with Crippen LogP contribution in [0.25, 0.3) is 0 Å². The van der Waals surface area contributed by atoms with Crippen molar-refractivity contribution in [3.05, 3.63) is 0 Å². The number of primary sulfonamides is 1. The monoisotopic (exact) mass is 307 g/mol. The van der Waals surface area contributed by atoms with E-state index in [2.05, 4.69) is 5.14 Å². The molecule has 14 heteroatoms. The Labute approximate surface area is 107 Å². The molecule has 3 nitrogen and oxygen atoms in total. The van der Waals surface area contributed by atoms with E-state index in [1.807, 2.05) is 0 Å². The van der Waals surface area contributed by atoms with E-state index in [9.17, 15) is 47.9 Å². The van der Waals surface area contributed by atoms with Gasteiger partial charge in [-0.15, -0.1) is 0 Å². The molecule has 0 bridgehead atoms. The molecule has 0 fully saturated rings. The normalized spacial score (nSPS) is 15.2. The summed E-state index contributed by atoms with van der Waals surface area (Å²) in [5.41, 5.74) is 0. The van der Waals surface area contributed by atoms with Crippen LogP contribution in [-0.2, 0) is 10.0 Å². The molecule has 106 valence electrons. The molecule has 0 heterocycles. The van der Waals surface area contributed by atoms with Crippen LogP contribution in [0, 0.1) is 0 Å². The van der Waals surface area contributed by atoms with E-state index in [4.69, 9.17) is 0 Å². The van der Waals surface area contributed by atoms with E-state index in [1.54, 1.807) is 0 Å². The van der Waals surface area contributed by atoms with Crippen molar-refractivity contribution in [3.8, 4) is 0 Å². The smallest absolute Gasteiger partial charge is 1.00 e. The average Bonchev–Trinajstić information content (AvgIpc) is 1.98. The Morgan fingerprint density at radius 3 is 1.22 bits per heavy atom. The summed E-state index contributed by atoms with van der Waals surface area (Å²) in [5.74, 6) is -14.5. The standard InChI is InChI=1S/C4H2F9NO2S.Li.H/c5-1(6,3(9,10)11)2(7,8)4(12,13)17(14,15)16;;/h(H2,14,15,16);;/q;+1;-1. The molecule has 0 aliphatic carbocycles. The Hall–Kier alpha value is -0.123. The molecule has 0 aliphatic heterocycles. The molecule has 0 rings (SSSR count). The van der Waals surface area contributed by atoms with Crippen LogP contribution in [0.3, 0.4) is 0 Å². The zero-order chi connectivity index (χ0) is 14.5. The fraction of sp³-hybridized carbons (Fsp3) is 1.00. The molecule has 0 aromatic heterocycles. The molecule has 2 N–H and O–H groups in total. The van der Waals surface area contributed by atoms with E-state index < -0.39 is 33.3 Å². The maximum atomic E-state index is 12.3. The molecule has 0 saturated heterocycles. The first-order valence-corrected chi connectivity index (χ1v) is 4.77. The minimum absolute atomic E-state index is 0. The molecule has 0 aromatic carbocycles. The third-order valence-electron chi connectivity index (χ3n) is 1.47. The van der Waals surface area contributed by atoms with Crippen LogP contribution in [0.5, 0.6) is 0 Å². The van der Waals surface area contributed by atoms with Gasteiger partial charge in [0.2, 0.25) is 0 Å². The summed E-state index contributed by atoms with van der Waals surface area (Å²) in [7, 11) is -6.67. The number of alkyl halides is 9. The predicted octanol–water partition coefficient (Wildman–Crippen LogP) is -1.18. The van der Waals surface area contributed by atoms with Gasteiger partial charge in [0.25, 0.3) is 10.0 Å². The number of sulfonamides is 1. The quantitative estimate of drug-likeness (QED) is 0.527. The SMILES string of the molecule is NS(=O)(=O)C(F)(F)C(F)(F)C(F)(F)C(F)(F)F.[H-].[Li+]. The van der Waals surface area contributed by atoms with Crippen molar-refractivity contribution in [2.24, 2.45) is 5.14 Å². The van der Waals surface area contributed by atoms with Gasteiger partial charge in [0, 0.05) is 0 Å². The van der Waals surface area contributed by atoms with E-state index in [1.165, 1.54) is 0 Å². The second-order valence-corrected chi connectivity index (χ2v) is 4.31. The van der Waals surface area contributed by atoms with Gasteiger partial charge in [-0.1, -0.05) is 0 Å². The minimum atomic E-state index is -7.27. The van der Waals surface area contributed by atoms with Crippen LogP contribution in [-0.4, -0.2) is 31.7 Å². The maximum Gasteiger partial charge on any atom is 1.00 e. The molecular weight excluding hydrogens is 304 g/mol. The number of halogens is 9. The Bertz CT molecular complexity index is 407. The summed E-state index contributed by atoms with van der Waals surface area (Å²) in [6.07, 6.45) is -7.08. The number of rotatable bonds is 3. The molecule has 0 saturated carbocycles. The van der Waals surface area contributed by atoms with E-state index in [0.717, 1.165) is 0 Å². The first-order chi connectivity index (χ1) is 7.00. The molecule has 0 aliphatic rings. The van der Waals surface area contributed by atoms with Gasteiger partial charge in [-0.05, 0) is 0 Å². The minimum Gasteiger partial charge on any atom is -1.00 e. The van der Waals surface area contributed by atoms with Gasteiger partial charge in [0.05, 0.1) is 0 Å². The van der Waals surface area contributed by atoms with Gasteiger partial charge in [0.15, 0.2) is 0 Å². The first kappa shape index (κ1) is 20.2. The molecule has 0 aromatic rings. The molecule has 0 amide bonds. The topological polar surface area (TPSA) is 60.2 Å². The van der Waals surface area contributed by atoms with Gasteiger partial charge in [-0.3, -0.25) is 0 Å². The first-order valence-electron chi connectivity index (χ1n) is 3.22. The van der Waals surface area contributed by atoms with Crippen molar-refractivity contribution in [3.63, 3.8) is 0 Å². The molecular formula is C4H3F9LiNO2S. The van der Waals surface area contributed by atoms with Crippen LogP contribution in [0.4, 0.5) is 39.5 Å². The Kier molecular flexibility index (Phi) is 5.35. The third-order valence-corrected chi connectivity index (χ3v) is 2.44. The van der Waals surface area contributed by atoms with E-state index >= 15 is 0 Å². The Morgan fingerprint density at radius 1 is 0.778 bits per heavy atom. The van der Waals surface area contributed by atoms with Gasteiger partial charge >= 0.3 is 42.1 Å². The van der Waals surface area contributed by atoms with Gasteiger partial charge < -0.3 is 1.43 Å². The molecule has 18 heavy (non-hydrogen) atoms. The predicted molar refractivity (Wildman–Crippen MR) is 35.1 cm³/mol. The third kappa shape index (κ3) is 2.73. The summed E-state index contributed by atoms with van der Waals surface area (Å²) >= 11 is 0. The fourth-order valence-electron chi connectivity index (χ4n) is 0.539. The second kappa shape index (κ2) is 4.77. The Balaban J connectivity index is -0.00000128. The van der Waals surface area contributed by atoms with Gasteiger partial charge in [-0.2, -0.15) is 39.5 Å². The van der Waals surface area contributed by atoms with Crippen molar-refractivity contribution in [1.29, 1.82) is 0 Å². The number of nitrogens with two attached hydrogens (primary N) is 1. The molecule has 0 atom stereocenters. The molecule has 0 unspecified atom stereocenters. The summed E-state index contributed by atoms with van der Waals surface area (Å²) in [5, 5.41) is -3.30. The zero-order valence-electron chi connectivity index (χ0n) is 9.20. The number of hydrogen-bond donors (Lipinski definition) is 1. The summed E-state index contributed by atoms with van der Waals surface area (Å²) < 4.78 is 127. The molecule has 0 spiro atoms. The maximum absolute atomic E-state index is 12.3. The van der Waals surface area contributed by atoms with Crippen LogP contribution in [0.2, 0.25) is 0 Å². The van der Waals surface area contributed by atoms with E-state index in [0.29, 0.717) is 0 Å². The van der Waals surface area contributed by atoms with Crippen LogP contribution < -0.4 is 24.0 Å². The average molecular weight is 307 g/mol. The fourth-order valence-corrected chi connectivity index (χ4v) is 1.02. The Morgan fingerprint density at radius 2 is 1.06 bits per heavy atom. The van der Waals surface area contributed by atoms with Crippen molar-refractivity contribution in [2.45, 2.75) is 23.3 Å². The van der Waals surface area contributed by atoms with Crippen molar-refractivity contribution >= 4 is 10.0 Å². The number of hydrogen-bond acceptors (Lipinski definition) is 2. The van der Waals surface area contributed by atoms with Gasteiger partial charge in [0.1, 0.15) is 0 Å². The summed E-state index contributed by atoms with van der Waals surface area (Å²) in [6, 6.07) is 0. The van der Waals surface area contributed by atoms with E-state index in [-0.39, 0.29) is 20.3 Å². The van der Waals surface area contributed by atoms with Crippen LogP contribution in [0.15, 0.2) is 0 Å². The van der Waals surface area contributed by atoms with Crippen LogP contribution >= 0.6 is 0 Å². The zero-order valence-corrected chi connectivity index (χ0v) is 9.02.